The molecule has 0 saturated heterocycles. The van der Waals surface area contributed by atoms with E-state index in [0.29, 0.717) is 24.1 Å². The molecule has 0 aliphatic carbocycles. The summed E-state index contributed by atoms with van der Waals surface area (Å²) in [4.78, 5) is 22.6. The molecule has 0 aromatic rings. The Morgan fingerprint density at radius 2 is 1.88 bits per heavy atom. The summed E-state index contributed by atoms with van der Waals surface area (Å²) in [7, 11) is 0. The number of carbonyl (C=O) groups is 2. The fraction of sp³-hybridized carbons (Fsp3) is 0.800. The Kier molecular flexibility index (Phi) is 9.60. The van der Waals surface area contributed by atoms with Gasteiger partial charge < -0.3 is 0 Å². The number of alkyl halides is 1. The molecule has 0 heterocycles. The summed E-state index contributed by atoms with van der Waals surface area (Å²) in [6.07, 6.45) is 0.718. The molecule has 0 aromatic carbocycles. The number of hydrogen-bond donors (Lipinski definition) is 1. The minimum atomic E-state index is -0.471. The second kappa shape index (κ2) is 9.83. The van der Waals surface area contributed by atoms with Gasteiger partial charge in [-0.05, 0) is 0 Å². The van der Waals surface area contributed by atoms with Crippen LogP contribution in [0, 0.1) is 5.92 Å². The Morgan fingerprint density at radius 3 is 2.38 bits per heavy atom. The van der Waals surface area contributed by atoms with Gasteiger partial charge in [0.15, 0.2) is 0 Å². The van der Waals surface area contributed by atoms with Crippen LogP contribution in [0.2, 0.25) is 0 Å². The predicted molar refractivity (Wildman–Crippen MR) is 55.0 cm³/mol. The third kappa shape index (κ3) is 7.00. The summed E-state index contributed by atoms with van der Waals surface area (Å²) >= 11 is -0.471. The van der Waals surface area contributed by atoms with E-state index in [1.165, 1.54) is 0 Å². The Bertz CT molecular complexity index is 223. The van der Waals surface area contributed by atoms with Crippen LogP contribution in [0.25, 0.3) is 0 Å². The van der Waals surface area contributed by atoms with E-state index in [1.807, 2.05) is 0 Å². The predicted octanol–water partition coefficient (Wildman–Crippen LogP) is -2.53. The fourth-order valence-corrected chi connectivity index (χ4v) is 2.56. The number of rotatable bonds is 8. The number of nitrogens with two attached hydrogens (primary N) is 1. The molecule has 0 aliphatic heterocycles. The van der Waals surface area contributed by atoms with Crippen molar-refractivity contribution in [1.29, 1.82) is 0 Å². The topological polar surface area (TPSA) is 78.6 Å². The van der Waals surface area contributed by atoms with Crippen LogP contribution < -0.4 is 25.4 Å². The molecule has 0 bridgehead atoms. The first-order valence-corrected chi connectivity index (χ1v) is 8.02. The average Bonchev–Trinajstić information content (AvgIpc) is 2.24. The van der Waals surface area contributed by atoms with E-state index in [-0.39, 0.29) is 24.3 Å². The van der Waals surface area contributed by atoms with Crippen LogP contribution in [0.4, 0.5) is 0 Å². The van der Waals surface area contributed by atoms with Crippen LogP contribution in [0.3, 0.4) is 0 Å². The van der Waals surface area contributed by atoms with Gasteiger partial charge >= 0.3 is 107 Å². The van der Waals surface area contributed by atoms with Gasteiger partial charge in [-0.1, -0.05) is 0 Å². The maximum absolute atomic E-state index is 11.5. The zero-order chi connectivity index (χ0) is 12.4. The van der Waals surface area contributed by atoms with Gasteiger partial charge in [0.25, 0.3) is 0 Å². The third-order valence-corrected chi connectivity index (χ3v) is 3.47. The summed E-state index contributed by atoms with van der Waals surface area (Å²) in [5.41, 5.74) is 0. The van der Waals surface area contributed by atoms with E-state index >= 15 is 0 Å². The molecule has 1 atom stereocenters. The Morgan fingerprint density at radius 1 is 1.25 bits per heavy atom. The van der Waals surface area contributed by atoms with Crippen molar-refractivity contribution in [3.63, 3.8) is 0 Å². The van der Waals surface area contributed by atoms with Crippen molar-refractivity contribution in [2.75, 3.05) is 17.6 Å². The molecule has 5 nitrogen and oxygen atoms in total. The summed E-state index contributed by atoms with van der Waals surface area (Å²) in [5, 5.41) is 0. The van der Waals surface area contributed by atoms with Crippen LogP contribution in [0.15, 0.2) is 0 Å². The van der Waals surface area contributed by atoms with E-state index < -0.39 is 21.5 Å². The Balaban J connectivity index is 4.02. The minimum absolute atomic E-state index is 0.248. The fourth-order valence-electron chi connectivity index (χ4n) is 1.15. The van der Waals surface area contributed by atoms with E-state index in [0.717, 1.165) is 0 Å². The Hall–Kier alpha value is -0.370. The molecular weight excluding hydrogens is 325 g/mol. The van der Waals surface area contributed by atoms with Gasteiger partial charge in [-0.25, -0.2) is 0 Å². The van der Waals surface area contributed by atoms with Gasteiger partial charge in [-0.2, -0.15) is 0 Å². The standard InChI is InChI=1S/C10H19INO4/c1-3-15-9(13)6-5-8(7-11-12)10(14)16-4-2/h8H,3-7,12H2,1-2H3/q-1. The molecule has 0 aromatic heterocycles. The molecular formula is C10H19INO4-. The summed E-state index contributed by atoms with van der Waals surface area (Å²) in [6.45, 7) is 4.24. The van der Waals surface area contributed by atoms with Crippen molar-refractivity contribution in [2.24, 2.45) is 9.86 Å². The zero-order valence-electron chi connectivity index (χ0n) is 9.70. The molecule has 6 heteroatoms. The van der Waals surface area contributed by atoms with Crippen molar-refractivity contribution < 1.29 is 40.5 Å². The molecule has 1 unspecified atom stereocenters. The van der Waals surface area contributed by atoms with Crippen molar-refractivity contribution >= 4 is 11.9 Å². The van der Waals surface area contributed by atoms with Crippen LogP contribution >= 0.6 is 0 Å². The molecule has 0 amide bonds. The molecule has 0 aliphatic rings. The molecule has 0 radical (unpaired) electrons. The average molecular weight is 344 g/mol. The number of ether oxygens (including phenoxy) is 2. The van der Waals surface area contributed by atoms with Crippen molar-refractivity contribution in [3.05, 3.63) is 0 Å². The monoisotopic (exact) mass is 344 g/mol. The van der Waals surface area contributed by atoms with Gasteiger partial charge in [0.2, 0.25) is 0 Å². The Labute approximate surface area is 107 Å². The molecule has 2 N–H and O–H groups in total. The van der Waals surface area contributed by atoms with Gasteiger partial charge in [-0.3, -0.25) is 0 Å². The number of carbonyl (C=O) groups excluding carboxylic acids is 2. The first-order chi connectivity index (χ1) is 7.65. The number of hydrogen-bond acceptors (Lipinski definition) is 5. The van der Waals surface area contributed by atoms with Gasteiger partial charge in [-0.15, -0.1) is 0 Å². The first kappa shape index (κ1) is 15.6. The van der Waals surface area contributed by atoms with Crippen LogP contribution in [0.1, 0.15) is 26.7 Å². The summed E-state index contributed by atoms with van der Waals surface area (Å²) < 4.78 is 15.9. The van der Waals surface area contributed by atoms with Crippen LogP contribution in [-0.4, -0.2) is 29.6 Å². The van der Waals surface area contributed by atoms with E-state index in [1.54, 1.807) is 13.8 Å². The molecule has 0 saturated carbocycles. The van der Waals surface area contributed by atoms with Crippen molar-refractivity contribution in [2.45, 2.75) is 26.7 Å². The second-order valence-corrected chi connectivity index (χ2v) is 4.86. The number of halogens is 1. The van der Waals surface area contributed by atoms with E-state index in [9.17, 15) is 9.59 Å². The van der Waals surface area contributed by atoms with E-state index in [2.05, 4.69) is 0 Å². The van der Waals surface area contributed by atoms with Crippen LogP contribution in [-0.2, 0) is 19.1 Å². The van der Waals surface area contributed by atoms with Gasteiger partial charge in [0.05, 0.1) is 0 Å². The van der Waals surface area contributed by atoms with Crippen molar-refractivity contribution in [3.8, 4) is 0 Å². The molecule has 0 spiro atoms. The van der Waals surface area contributed by atoms with Crippen molar-refractivity contribution in [1.82, 2.24) is 0 Å². The molecule has 16 heavy (non-hydrogen) atoms. The molecule has 0 rings (SSSR count). The summed E-state index contributed by atoms with van der Waals surface area (Å²) in [5.74, 6) is -0.772. The van der Waals surface area contributed by atoms with Gasteiger partial charge in [0.1, 0.15) is 0 Å². The number of esters is 2. The third-order valence-electron chi connectivity index (χ3n) is 1.90. The van der Waals surface area contributed by atoms with Crippen LogP contribution in [0.5, 0.6) is 0 Å². The maximum atomic E-state index is 11.5. The SMILES string of the molecule is CCOC(=O)CCC(C[I-]N)C(=O)OCC. The zero-order valence-corrected chi connectivity index (χ0v) is 11.9. The second-order valence-electron chi connectivity index (χ2n) is 3.10. The molecule has 96 valence electrons. The quantitative estimate of drug-likeness (QED) is 0.227. The first-order valence-electron chi connectivity index (χ1n) is 5.25. The normalized spacial score (nSPS) is 12.2. The van der Waals surface area contributed by atoms with E-state index in [4.69, 9.17) is 13.4 Å². The summed E-state index contributed by atoms with van der Waals surface area (Å²) in [6, 6.07) is 0. The molecule has 0 fully saturated rings. The van der Waals surface area contributed by atoms with Gasteiger partial charge in [0, 0.05) is 0 Å².